The van der Waals surface area contributed by atoms with Crippen molar-refractivity contribution in [3.63, 3.8) is 0 Å². The molecular weight excluding hydrogens is 222 g/mol. The number of hydrogen-bond donors (Lipinski definition) is 1. The van der Waals surface area contributed by atoms with Gasteiger partial charge in [-0.2, -0.15) is 0 Å². The van der Waals surface area contributed by atoms with Gasteiger partial charge in [0.15, 0.2) is 0 Å². The van der Waals surface area contributed by atoms with Gasteiger partial charge in [-0.25, -0.2) is 0 Å². The summed E-state index contributed by atoms with van der Waals surface area (Å²) in [5.41, 5.74) is 1.39. The van der Waals surface area contributed by atoms with E-state index >= 15 is 0 Å². The van der Waals surface area contributed by atoms with Crippen molar-refractivity contribution in [2.24, 2.45) is 11.8 Å². The third-order valence-corrected chi connectivity index (χ3v) is 4.72. The highest BCUT2D eigenvalue weighted by Gasteiger charge is 2.38. The molecule has 0 amide bonds. The molecule has 1 N–H and O–H groups in total. The Labute approximate surface area is 110 Å². The fraction of sp³-hybridized carbons (Fsp3) is 0.625. The van der Waals surface area contributed by atoms with E-state index < -0.39 is 0 Å². The van der Waals surface area contributed by atoms with Gasteiger partial charge in [0.05, 0.1) is 7.11 Å². The quantitative estimate of drug-likeness (QED) is 0.861. The standard InChI is InChI=1S/C16H23NO/c1-18-15-6-3-12(4-7-15)8-9-17-16-11-13-2-5-14(16)10-13/h3-4,6-7,13-14,16-17H,2,5,8-11H2,1H3. The van der Waals surface area contributed by atoms with Gasteiger partial charge in [0.1, 0.15) is 5.75 Å². The average molecular weight is 245 g/mol. The van der Waals surface area contributed by atoms with Gasteiger partial charge >= 0.3 is 0 Å². The minimum atomic E-state index is 0.807. The molecule has 98 valence electrons. The molecule has 0 spiro atoms. The molecule has 2 bridgehead atoms. The van der Waals surface area contributed by atoms with Gasteiger partial charge in [-0.05, 0) is 61.8 Å². The second-order valence-corrected chi connectivity index (χ2v) is 5.83. The Morgan fingerprint density at radius 2 is 2.00 bits per heavy atom. The zero-order chi connectivity index (χ0) is 12.4. The lowest BCUT2D eigenvalue weighted by atomic mass is 9.95. The van der Waals surface area contributed by atoms with Crippen molar-refractivity contribution in [3.05, 3.63) is 29.8 Å². The van der Waals surface area contributed by atoms with E-state index in [0.29, 0.717) is 0 Å². The monoisotopic (exact) mass is 245 g/mol. The van der Waals surface area contributed by atoms with Crippen molar-refractivity contribution in [3.8, 4) is 5.75 Å². The summed E-state index contributed by atoms with van der Waals surface area (Å²) in [5.74, 6) is 2.96. The highest BCUT2D eigenvalue weighted by Crippen LogP contribution is 2.44. The maximum absolute atomic E-state index is 5.17. The van der Waals surface area contributed by atoms with E-state index in [-0.39, 0.29) is 0 Å². The smallest absolute Gasteiger partial charge is 0.118 e. The van der Waals surface area contributed by atoms with E-state index in [1.165, 1.54) is 31.2 Å². The molecule has 1 aromatic carbocycles. The Hall–Kier alpha value is -1.02. The zero-order valence-electron chi connectivity index (χ0n) is 11.2. The minimum absolute atomic E-state index is 0.807. The predicted octanol–water partition coefficient (Wildman–Crippen LogP) is 3.02. The lowest BCUT2D eigenvalue weighted by Crippen LogP contribution is -2.35. The SMILES string of the molecule is COc1ccc(CCNC2CC3CCC2C3)cc1. The van der Waals surface area contributed by atoms with Crippen LogP contribution in [0.5, 0.6) is 5.75 Å². The van der Waals surface area contributed by atoms with Gasteiger partial charge in [0.25, 0.3) is 0 Å². The Morgan fingerprint density at radius 1 is 1.17 bits per heavy atom. The molecule has 2 saturated carbocycles. The largest absolute Gasteiger partial charge is 0.497 e. The molecule has 0 aromatic heterocycles. The number of hydrogen-bond acceptors (Lipinski definition) is 2. The van der Waals surface area contributed by atoms with Crippen molar-refractivity contribution in [1.29, 1.82) is 0 Å². The minimum Gasteiger partial charge on any atom is -0.497 e. The van der Waals surface area contributed by atoms with Crippen LogP contribution in [0.15, 0.2) is 24.3 Å². The van der Waals surface area contributed by atoms with Crippen LogP contribution in [-0.2, 0) is 6.42 Å². The summed E-state index contributed by atoms with van der Waals surface area (Å²) in [5, 5.41) is 3.76. The van der Waals surface area contributed by atoms with E-state index in [9.17, 15) is 0 Å². The molecule has 2 heteroatoms. The molecule has 2 aliphatic carbocycles. The van der Waals surface area contributed by atoms with E-state index in [1.54, 1.807) is 7.11 Å². The molecule has 2 nitrogen and oxygen atoms in total. The maximum atomic E-state index is 5.17. The summed E-state index contributed by atoms with van der Waals surface area (Å²) in [7, 11) is 1.71. The Bertz CT molecular complexity index is 387. The van der Waals surface area contributed by atoms with E-state index in [2.05, 4.69) is 17.4 Å². The number of fused-ring (bicyclic) bond motifs is 2. The molecule has 3 atom stereocenters. The maximum Gasteiger partial charge on any atom is 0.118 e. The second-order valence-electron chi connectivity index (χ2n) is 5.83. The van der Waals surface area contributed by atoms with Gasteiger partial charge in [0, 0.05) is 6.04 Å². The van der Waals surface area contributed by atoms with Crippen LogP contribution in [-0.4, -0.2) is 19.7 Å². The van der Waals surface area contributed by atoms with Crippen LogP contribution < -0.4 is 10.1 Å². The highest BCUT2D eigenvalue weighted by molar-refractivity contribution is 5.27. The number of benzene rings is 1. The van der Waals surface area contributed by atoms with Gasteiger partial charge in [-0.3, -0.25) is 0 Å². The number of nitrogens with one attached hydrogen (secondary N) is 1. The van der Waals surface area contributed by atoms with E-state index in [0.717, 1.165) is 36.6 Å². The first-order valence-electron chi connectivity index (χ1n) is 7.21. The fourth-order valence-electron chi connectivity index (χ4n) is 3.69. The van der Waals surface area contributed by atoms with Crippen LogP contribution in [0.4, 0.5) is 0 Å². The molecule has 2 aliphatic rings. The number of methoxy groups -OCH3 is 1. The predicted molar refractivity (Wildman–Crippen MR) is 73.9 cm³/mol. The second kappa shape index (κ2) is 5.31. The molecular formula is C16H23NO. The average Bonchev–Trinajstić information content (AvgIpc) is 3.02. The Morgan fingerprint density at radius 3 is 2.61 bits per heavy atom. The van der Waals surface area contributed by atoms with Crippen LogP contribution in [0.25, 0.3) is 0 Å². The van der Waals surface area contributed by atoms with Gasteiger partial charge in [0.2, 0.25) is 0 Å². The summed E-state index contributed by atoms with van der Waals surface area (Å²) < 4.78 is 5.17. The number of ether oxygens (including phenoxy) is 1. The molecule has 2 fully saturated rings. The molecule has 0 radical (unpaired) electrons. The van der Waals surface area contributed by atoms with Crippen LogP contribution in [0.3, 0.4) is 0 Å². The van der Waals surface area contributed by atoms with Gasteiger partial charge in [-0.15, -0.1) is 0 Å². The van der Waals surface area contributed by atoms with Crippen LogP contribution in [0.1, 0.15) is 31.2 Å². The van der Waals surface area contributed by atoms with Gasteiger partial charge < -0.3 is 10.1 Å². The number of rotatable bonds is 5. The zero-order valence-corrected chi connectivity index (χ0v) is 11.2. The van der Waals surface area contributed by atoms with Crippen molar-refractivity contribution < 1.29 is 4.74 Å². The normalized spacial score (nSPS) is 29.7. The van der Waals surface area contributed by atoms with Crippen molar-refractivity contribution >= 4 is 0 Å². The van der Waals surface area contributed by atoms with Crippen LogP contribution in [0, 0.1) is 11.8 Å². The molecule has 18 heavy (non-hydrogen) atoms. The van der Waals surface area contributed by atoms with Crippen molar-refractivity contribution in [2.45, 2.75) is 38.1 Å². The third kappa shape index (κ3) is 2.54. The first-order chi connectivity index (χ1) is 8.85. The van der Waals surface area contributed by atoms with Crippen molar-refractivity contribution in [2.75, 3.05) is 13.7 Å². The summed E-state index contributed by atoms with van der Waals surface area (Å²) in [6, 6.07) is 9.24. The topological polar surface area (TPSA) is 21.3 Å². The van der Waals surface area contributed by atoms with E-state index in [4.69, 9.17) is 4.74 Å². The molecule has 1 aromatic rings. The lowest BCUT2D eigenvalue weighted by molar-refractivity contribution is 0.354. The lowest BCUT2D eigenvalue weighted by Gasteiger charge is -2.22. The first kappa shape index (κ1) is 12.0. The molecule has 0 aliphatic heterocycles. The van der Waals surface area contributed by atoms with Crippen LogP contribution >= 0.6 is 0 Å². The molecule has 0 saturated heterocycles. The summed E-state index contributed by atoms with van der Waals surface area (Å²) in [6.45, 7) is 1.11. The Balaban J connectivity index is 1.44. The molecule has 0 heterocycles. The summed E-state index contributed by atoms with van der Waals surface area (Å²) in [4.78, 5) is 0. The van der Waals surface area contributed by atoms with Crippen LogP contribution in [0.2, 0.25) is 0 Å². The molecule has 3 unspecified atom stereocenters. The first-order valence-corrected chi connectivity index (χ1v) is 7.21. The summed E-state index contributed by atoms with van der Waals surface area (Å²) in [6.07, 6.45) is 6.98. The Kier molecular flexibility index (Phi) is 3.55. The van der Waals surface area contributed by atoms with Gasteiger partial charge in [-0.1, -0.05) is 18.6 Å². The van der Waals surface area contributed by atoms with E-state index in [1.807, 2.05) is 12.1 Å². The molecule has 3 rings (SSSR count). The van der Waals surface area contributed by atoms with Crippen molar-refractivity contribution in [1.82, 2.24) is 5.32 Å². The summed E-state index contributed by atoms with van der Waals surface area (Å²) >= 11 is 0. The fourth-order valence-corrected chi connectivity index (χ4v) is 3.69. The third-order valence-electron chi connectivity index (χ3n) is 4.72. The highest BCUT2D eigenvalue weighted by atomic mass is 16.5.